The fourth-order valence-corrected chi connectivity index (χ4v) is 5.72. The molecule has 7 nitrogen and oxygen atoms in total. The molecule has 1 aromatic heterocycles. The molecule has 3 amide bonds. The molecule has 0 aliphatic carbocycles. The van der Waals surface area contributed by atoms with Gasteiger partial charge in [-0.15, -0.1) is 0 Å². The quantitative estimate of drug-likeness (QED) is 0.117. The third-order valence-electron chi connectivity index (χ3n) is 8.52. The van der Waals surface area contributed by atoms with E-state index in [0.717, 1.165) is 52.8 Å². The molecular formula is C42H51F3N4O3. The lowest BCUT2D eigenvalue weighted by atomic mass is 10.0. The van der Waals surface area contributed by atoms with Crippen molar-refractivity contribution in [1.82, 2.24) is 14.8 Å². The predicted octanol–water partition coefficient (Wildman–Crippen LogP) is 11.5. The molecule has 0 bridgehead atoms. The maximum absolute atomic E-state index is 13.4. The Kier molecular flexibility index (Phi) is 14.7. The monoisotopic (exact) mass is 716 g/mol. The molecule has 10 heteroatoms. The Hall–Kier alpha value is -4.86. The van der Waals surface area contributed by atoms with Gasteiger partial charge in [0.2, 0.25) is 0 Å². The van der Waals surface area contributed by atoms with E-state index in [1.807, 2.05) is 75.4 Å². The van der Waals surface area contributed by atoms with Crippen molar-refractivity contribution in [2.75, 3.05) is 11.9 Å². The van der Waals surface area contributed by atoms with Crippen LogP contribution in [0.25, 0.3) is 11.1 Å². The lowest BCUT2D eigenvalue weighted by Crippen LogP contribution is -2.37. The molecule has 0 saturated heterocycles. The normalized spacial score (nSPS) is 11.6. The number of carbonyl (C=O) groups is 2. The minimum Gasteiger partial charge on any atom is -0.444 e. The highest BCUT2D eigenvalue weighted by Crippen LogP contribution is 2.30. The van der Waals surface area contributed by atoms with Crippen LogP contribution in [0, 0.1) is 0 Å². The number of amides is 3. The Morgan fingerprint density at radius 3 is 1.75 bits per heavy atom. The molecule has 0 unspecified atom stereocenters. The first-order chi connectivity index (χ1) is 24.8. The first-order valence-electron chi connectivity index (χ1n) is 18.1. The molecule has 1 N–H and O–H groups in total. The number of nitrogens with one attached hydrogen (secondary N) is 1. The summed E-state index contributed by atoms with van der Waals surface area (Å²) in [5, 5.41) is 2.73. The van der Waals surface area contributed by atoms with Crippen LogP contribution in [0.5, 0.6) is 0 Å². The number of unbranched alkanes of at least 4 members (excludes halogenated alkanes) is 6. The lowest BCUT2D eigenvalue weighted by Gasteiger charge is -2.27. The zero-order valence-corrected chi connectivity index (χ0v) is 30.7. The third-order valence-corrected chi connectivity index (χ3v) is 8.52. The largest absolute Gasteiger partial charge is 0.444 e. The number of ether oxygens (including phenoxy) is 1. The molecule has 4 rings (SSSR count). The molecule has 4 aromatic rings. The first-order valence-corrected chi connectivity index (χ1v) is 18.1. The van der Waals surface area contributed by atoms with Gasteiger partial charge in [0.1, 0.15) is 5.60 Å². The number of hydrogen-bond acceptors (Lipinski definition) is 4. The molecule has 0 aliphatic rings. The Morgan fingerprint density at radius 1 is 0.692 bits per heavy atom. The van der Waals surface area contributed by atoms with Crippen molar-refractivity contribution >= 4 is 17.8 Å². The van der Waals surface area contributed by atoms with Crippen molar-refractivity contribution in [1.29, 1.82) is 0 Å². The zero-order chi connectivity index (χ0) is 37.6. The smallest absolute Gasteiger partial charge is 0.416 e. The fourth-order valence-electron chi connectivity index (χ4n) is 5.72. The number of alkyl halides is 3. The minimum atomic E-state index is -4.46. The van der Waals surface area contributed by atoms with Gasteiger partial charge in [-0.25, -0.2) is 9.59 Å². The van der Waals surface area contributed by atoms with Crippen LogP contribution in [0.1, 0.15) is 94.9 Å². The average molecular weight is 717 g/mol. The van der Waals surface area contributed by atoms with Crippen LogP contribution in [0.2, 0.25) is 0 Å². The Labute approximate surface area is 306 Å². The number of nitrogens with zero attached hydrogens (tertiary/aromatic N) is 3. The molecule has 0 aliphatic heterocycles. The van der Waals surface area contributed by atoms with Crippen molar-refractivity contribution in [3.63, 3.8) is 0 Å². The highest BCUT2D eigenvalue weighted by Gasteiger charge is 2.30. The number of carbonyl (C=O) groups excluding carboxylic acids is 2. The molecule has 0 spiro atoms. The van der Waals surface area contributed by atoms with Gasteiger partial charge in [-0.1, -0.05) is 100 Å². The summed E-state index contributed by atoms with van der Waals surface area (Å²) in [5.74, 6) is 0. The number of hydrogen-bond donors (Lipinski definition) is 1. The fraction of sp³-hybridized carbons (Fsp3) is 0.405. The molecule has 0 fully saturated rings. The molecule has 1 heterocycles. The summed E-state index contributed by atoms with van der Waals surface area (Å²) in [7, 11) is 0. The van der Waals surface area contributed by atoms with Gasteiger partial charge in [0.15, 0.2) is 0 Å². The molecule has 0 atom stereocenters. The van der Waals surface area contributed by atoms with E-state index >= 15 is 0 Å². The van der Waals surface area contributed by atoms with Gasteiger partial charge in [0.05, 0.1) is 5.56 Å². The average Bonchev–Trinajstić information content (AvgIpc) is 3.10. The van der Waals surface area contributed by atoms with Gasteiger partial charge in [0.25, 0.3) is 0 Å². The summed E-state index contributed by atoms with van der Waals surface area (Å²) >= 11 is 0. The van der Waals surface area contributed by atoms with Gasteiger partial charge in [-0.3, -0.25) is 4.98 Å². The van der Waals surface area contributed by atoms with Crippen molar-refractivity contribution in [3.8, 4) is 11.1 Å². The van der Waals surface area contributed by atoms with Gasteiger partial charge in [-0.2, -0.15) is 13.2 Å². The van der Waals surface area contributed by atoms with E-state index < -0.39 is 23.4 Å². The zero-order valence-electron chi connectivity index (χ0n) is 30.7. The third kappa shape index (κ3) is 13.4. The highest BCUT2D eigenvalue weighted by atomic mass is 19.4. The van der Waals surface area contributed by atoms with E-state index in [4.69, 9.17) is 4.74 Å². The van der Waals surface area contributed by atoms with Gasteiger partial charge in [0, 0.05) is 44.3 Å². The topological polar surface area (TPSA) is 74.8 Å². The highest BCUT2D eigenvalue weighted by molar-refractivity contribution is 5.89. The minimum absolute atomic E-state index is 0.253. The van der Waals surface area contributed by atoms with Gasteiger partial charge < -0.3 is 19.9 Å². The van der Waals surface area contributed by atoms with E-state index in [2.05, 4.69) is 17.2 Å². The second kappa shape index (κ2) is 19.1. The number of pyridine rings is 1. The van der Waals surface area contributed by atoms with Crippen molar-refractivity contribution in [2.45, 2.75) is 104 Å². The maximum atomic E-state index is 13.4. The standard InChI is InChI=1S/C42H51F3N4O3/c1-5-6-7-8-9-10-11-27-48(40(51)52-41(2,3)4)29-32-14-18-35(19-15-32)36-20-16-33(17-21-36)30-49(31-34-13-12-26-46-28-34)39(50)47-38-24-22-37(23-25-38)42(43,44)45/h12-26,28H,5-11,27,29-31H2,1-4H3,(H,47,50). The van der Waals surface area contributed by atoms with E-state index in [9.17, 15) is 22.8 Å². The van der Waals surface area contributed by atoms with Crippen molar-refractivity contribution in [3.05, 3.63) is 120 Å². The number of rotatable bonds is 16. The maximum Gasteiger partial charge on any atom is 0.416 e. The molecular weight excluding hydrogens is 665 g/mol. The van der Waals surface area contributed by atoms with Crippen molar-refractivity contribution < 1.29 is 27.5 Å². The number of halogens is 3. The number of anilines is 1. The van der Waals surface area contributed by atoms with Gasteiger partial charge >= 0.3 is 18.3 Å². The van der Waals surface area contributed by atoms with E-state index in [-0.39, 0.29) is 24.9 Å². The van der Waals surface area contributed by atoms with E-state index in [0.29, 0.717) is 13.1 Å². The summed E-state index contributed by atoms with van der Waals surface area (Å²) in [6, 6.07) is 23.6. The van der Waals surface area contributed by atoms with Crippen LogP contribution in [0.3, 0.4) is 0 Å². The Morgan fingerprint density at radius 2 is 1.23 bits per heavy atom. The summed E-state index contributed by atoms with van der Waals surface area (Å²) in [6.07, 6.45) is 6.74. The van der Waals surface area contributed by atoms with Crippen LogP contribution >= 0.6 is 0 Å². The van der Waals surface area contributed by atoms with E-state index in [1.54, 1.807) is 28.3 Å². The number of benzene rings is 3. The second-order valence-corrected chi connectivity index (χ2v) is 14.1. The number of aromatic nitrogens is 1. The molecule has 52 heavy (non-hydrogen) atoms. The first kappa shape index (κ1) is 39.9. The summed E-state index contributed by atoms with van der Waals surface area (Å²) in [4.78, 5) is 34.0. The van der Waals surface area contributed by atoms with Crippen molar-refractivity contribution in [2.24, 2.45) is 0 Å². The van der Waals surface area contributed by atoms with Gasteiger partial charge in [-0.05, 0) is 85.3 Å². The SMILES string of the molecule is CCCCCCCCCN(Cc1ccc(-c2ccc(CN(Cc3cccnc3)C(=O)Nc3ccc(C(F)(F)F)cc3)cc2)cc1)C(=O)OC(C)(C)C. The van der Waals surface area contributed by atoms with Crippen LogP contribution in [-0.2, 0) is 30.5 Å². The van der Waals surface area contributed by atoms with Crippen LogP contribution in [-0.4, -0.2) is 39.1 Å². The Bertz CT molecular complexity index is 1670. The second-order valence-electron chi connectivity index (χ2n) is 14.1. The molecule has 0 saturated carbocycles. The molecule has 278 valence electrons. The Balaban J connectivity index is 1.40. The summed E-state index contributed by atoms with van der Waals surface area (Å²) in [6.45, 7) is 9.49. The van der Waals surface area contributed by atoms with E-state index in [1.165, 1.54) is 44.2 Å². The molecule has 3 aromatic carbocycles. The van der Waals surface area contributed by atoms with Crippen LogP contribution in [0.15, 0.2) is 97.3 Å². The van der Waals surface area contributed by atoms with Crippen LogP contribution < -0.4 is 5.32 Å². The lowest BCUT2D eigenvalue weighted by molar-refractivity contribution is -0.137. The number of urea groups is 1. The summed E-state index contributed by atoms with van der Waals surface area (Å²) in [5.41, 5.74) is 3.62. The predicted molar refractivity (Wildman–Crippen MR) is 200 cm³/mol. The van der Waals surface area contributed by atoms with Crippen LogP contribution in [0.4, 0.5) is 28.4 Å². The molecule has 0 radical (unpaired) electrons. The summed E-state index contributed by atoms with van der Waals surface area (Å²) < 4.78 is 44.8.